The highest BCUT2D eigenvalue weighted by atomic mass is 16.7. The van der Waals surface area contributed by atoms with Crippen molar-refractivity contribution in [2.24, 2.45) is 0 Å². The summed E-state index contributed by atoms with van der Waals surface area (Å²) in [6.45, 7) is 1.18. The first-order valence-electron chi connectivity index (χ1n) is 5.16. The van der Waals surface area contributed by atoms with Crippen molar-refractivity contribution in [1.29, 1.82) is 0 Å². The summed E-state index contributed by atoms with van der Waals surface area (Å²) >= 11 is 0. The number of hydrogen-bond acceptors (Lipinski definition) is 5. The summed E-state index contributed by atoms with van der Waals surface area (Å²) in [6, 6.07) is 10.7. The fraction of sp³-hybridized carbons (Fsp3) is 0.0833. The average molecular weight is 246 g/mol. The highest BCUT2D eigenvalue weighted by Crippen LogP contribution is 2.19. The van der Waals surface area contributed by atoms with Gasteiger partial charge in [0.1, 0.15) is 0 Å². The molecule has 0 aliphatic rings. The van der Waals surface area contributed by atoms with Crippen molar-refractivity contribution < 1.29 is 18.9 Å². The lowest BCUT2D eigenvalue weighted by molar-refractivity contribution is -0.146. The Hall–Kier alpha value is -2.63. The number of nitrogens with one attached hydrogen (secondary N) is 1. The quantitative estimate of drug-likeness (QED) is 0.813. The Morgan fingerprint density at radius 3 is 2.67 bits per heavy atom. The number of carbonyl (C=O) groups is 2. The topological polar surface area (TPSA) is 81.4 Å². The van der Waals surface area contributed by atoms with Crippen molar-refractivity contribution in [3.05, 3.63) is 42.1 Å². The van der Waals surface area contributed by atoms with E-state index < -0.39 is 11.9 Å². The molecule has 0 bridgehead atoms. The third-order valence-electron chi connectivity index (χ3n) is 2.09. The molecule has 92 valence electrons. The summed E-state index contributed by atoms with van der Waals surface area (Å²) in [5.41, 5.74) is 2.79. The van der Waals surface area contributed by atoms with E-state index in [1.165, 1.54) is 13.0 Å². The van der Waals surface area contributed by atoms with Gasteiger partial charge in [0.25, 0.3) is 0 Å². The van der Waals surface area contributed by atoms with E-state index in [1.54, 1.807) is 0 Å². The van der Waals surface area contributed by atoms with Crippen molar-refractivity contribution in [2.45, 2.75) is 6.92 Å². The zero-order valence-corrected chi connectivity index (χ0v) is 9.54. The lowest BCUT2D eigenvalue weighted by atomic mass is 10.2. The first-order chi connectivity index (χ1) is 8.66. The number of rotatable bonds is 2. The van der Waals surface area contributed by atoms with Crippen LogP contribution in [-0.4, -0.2) is 17.0 Å². The van der Waals surface area contributed by atoms with Gasteiger partial charge in [-0.3, -0.25) is 9.59 Å². The molecule has 1 heterocycles. The second-order valence-corrected chi connectivity index (χ2v) is 3.47. The normalized spacial score (nSPS) is 9.83. The van der Waals surface area contributed by atoms with Crippen LogP contribution >= 0.6 is 0 Å². The monoisotopic (exact) mass is 246 g/mol. The molecular weight excluding hydrogens is 236 g/mol. The number of hydroxylamine groups is 1. The van der Waals surface area contributed by atoms with E-state index >= 15 is 0 Å². The summed E-state index contributed by atoms with van der Waals surface area (Å²) in [4.78, 5) is 26.4. The van der Waals surface area contributed by atoms with Gasteiger partial charge in [-0.25, -0.2) is 0 Å². The molecular formula is C12H10N2O4. The standard InChI is InChI=1S/C12H10N2O4/c1-8(15)17-14-12(16)10-7-11(18-13-10)9-5-3-2-4-6-9/h2-7H,1H3,(H,14,16). The van der Waals surface area contributed by atoms with E-state index in [0.717, 1.165) is 5.56 Å². The van der Waals surface area contributed by atoms with Crippen molar-refractivity contribution in [3.8, 4) is 11.3 Å². The van der Waals surface area contributed by atoms with Crippen LogP contribution in [0.1, 0.15) is 17.4 Å². The van der Waals surface area contributed by atoms with Crippen LogP contribution in [0, 0.1) is 0 Å². The predicted octanol–water partition coefficient (Wildman–Crippen LogP) is 1.55. The molecule has 2 rings (SSSR count). The highest BCUT2D eigenvalue weighted by molar-refractivity contribution is 5.93. The molecule has 6 heteroatoms. The minimum atomic E-state index is -0.642. The SMILES string of the molecule is CC(=O)ONC(=O)c1cc(-c2ccccc2)on1. The van der Waals surface area contributed by atoms with Crippen molar-refractivity contribution >= 4 is 11.9 Å². The summed E-state index contributed by atoms with van der Waals surface area (Å²) in [5, 5.41) is 3.59. The number of carbonyl (C=O) groups excluding carboxylic acids is 2. The Morgan fingerprint density at radius 2 is 2.00 bits per heavy atom. The van der Waals surface area contributed by atoms with E-state index in [2.05, 4.69) is 9.99 Å². The van der Waals surface area contributed by atoms with Gasteiger partial charge in [-0.05, 0) is 0 Å². The first kappa shape index (κ1) is 11.8. The van der Waals surface area contributed by atoms with Gasteiger partial charge in [-0.1, -0.05) is 35.5 Å². The minimum absolute atomic E-state index is 0.0371. The van der Waals surface area contributed by atoms with E-state index in [-0.39, 0.29) is 5.69 Å². The lowest BCUT2D eigenvalue weighted by Crippen LogP contribution is -2.26. The molecule has 0 radical (unpaired) electrons. The van der Waals surface area contributed by atoms with E-state index in [9.17, 15) is 9.59 Å². The van der Waals surface area contributed by atoms with Crippen molar-refractivity contribution in [3.63, 3.8) is 0 Å². The molecule has 1 N–H and O–H groups in total. The molecule has 0 fully saturated rings. The number of amides is 1. The molecule has 0 saturated carbocycles. The zero-order valence-electron chi connectivity index (χ0n) is 9.54. The van der Waals surface area contributed by atoms with Gasteiger partial charge in [0, 0.05) is 18.6 Å². The number of benzene rings is 1. The third kappa shape index (κ3) is 2.73. The van der Waals surface area contributed by atoms with Crippen molar-refractivity contribution in [2.75, 3.05) is 0 Å². The number of nitrogens with zero attached hydrogens (tertiary/aromatic N) is 1. The smallest absolute Gasteiger partial charge is 0.329 e. The Kier molecular flexibility index (Phi) is 3.38. The maximum atomic E-state index is 11.5. The number of hydrogen-bond donors (Lipinski definition) is 1. The molecule has 1 aromatic heterocycles. The molecule has 0 unspecified atom stereocenters. The zero-order chi connectivity index (χ0) is 13.0. The van der Waals surface area contributed by atoms with Crippen molar-refractivity contribution in [1.82, 2.24) is 10.6 Å². The fourth-order valence-electron chi connectivity index (χ4n) is 1.29. The van der Waals surface area contributed by atoms with Crippen LogP contribution in [0.4, 0.5) is 0 Å². The average Bonchev–Trinajstić information content (AvgIpc) is 2.86. The molecule has 2 aromatic rings. The molecule has 18 heavy (non-hydrogen) atoms. The molecule has 0 atom stereocenters. The fourth-order valence-corrected chi connectivity index (χ4v) is 1.29. The third-order valence-corrected chi connectivity index (χ3v) is 2.09. The molecule has 6 nitrogen and oxygen atoms in total. The Morgan fingerprint density at radius 1 is 1.28 bits per heavy atom. The van der Waals surface area contributed by atoms with Crippen LogP contribution in [0.5, 0.6) is 0 Å². The Bertz CT molecular complexity index is 562. The molecule has 1 aromatic carbocycles. The highest BCUT2D eigenvalue weighted by Gasteiger charge is 2.14. The number of aromatic nitrogens is 1. The summed E-state index contributed by atoms with van der Waals surface area (Å²) in [6.07, 6.45) is 0. The van der Waals surface area contributed by atoms with Crippen LogP contribution < -0.4 is 5.48 Å². The van der Waals surface area contributed by atoms with Crippen LogP contribution in [-0.2, 0) is 9.63 Å². The first-order valence-corrected chi connectivity index (χ1v) is 5.16. The molecule has 0 aliphatic heterocycles. The lowest BCUT2D eigenvalue weighted by Gasteiger charge is -1.98. The Labute approximate surface area is 102 Å². The van der Waals surface area contributed by atoms with Gasteiger partial charge in [0.05, 0.1) is 0 Å². The minimum Gasteiger partial charge on any atom is -0.355 e. The van der Waals surface area contributed by atoms with Gasteiger partial charge >= 0.3 is 11.9 Å². The van der Waals surface area contributed by atoms with Crippen LogP contribution in [0.15, 0.2) is 40.9 Å². The maximum absolute atomic E-state index is 11.5. The van der Waals surface area contributed by atoms with Crippen LogP contribution in [0.25, 0.3) is 11.3 Å². The maximum Gasteiger partial charge on any atom is 0.329 e. The predicted molar refractivity (Wildman–Crippen MR) is 61.2 cm³/mol. The Balaban J connectivity index is 2.11. The van der Waals surface area contributed by atoms with E-state index in [4.69, 9.17) is 4.52 Å². The van der Waals surface area contributed by atoms with Gasteiger partial charge in [0.2, 0.25) is 0 Å². The van der Waals surface area contributed by atoms with E-state index in [1.807, 2.05) is 35.8 Å². The molecule has 1 amide bonds. The van der Waals surface area contributed by atoms with Gasteiger partial charge in [-0.15, -0.1) is 0 Å². The van der Waals surface area contributed by atoms with Crippen LogP contribution in [0.3, 0.4) is 0 Å². The summed E-state index contributed by atoms with van der Waals surface area (Å²) in [7, 11) is 0. The van der Waals surface area contributed by atoms with E-state index in [0.29, 0.717) is 5.76 Å². The van der Waals surface area contributed by atoms with Gasteiger partial charge < -0.3 is 9.36 Å². The second-order valence-electron chi connectivity index (χ2n) is 3.47. The molecule has 0 saturated heterocycles. The second kappa shape index (κ2) is 5.13. The summed E-state index contributed by atoms with van der Waals surface area (Å²) < 4.78 is 5.03. The van der Waals surface area contributed by atoms with Gasteiger partial charge in [0.15, 0.2) is 11.5 Å². The van der Waals surface area contributed by atoms with Gasteiger partial charge in [-0.2, -0.15) is 5.48 Å². The molecule has 0 spiro atoms. The summed E-state index contributed by atoms with van der Waals surface area (Å²) in [5.74, 6) is -0.796. The van der Waals surface area contributed by atoms with Crippen LogP contribution in [0.2, 0.25) is 0 Å². The molecule has 0 aliphatic carbocycles. The largest absolute Gasteiger partial charge is 0.355 e.